The van der Waals surface area contributed by atoms with Gasteiger partial charge in [-0.2, -0.15) is 0 Å². The molecule has 0 bridgehead atoms. The van der Waals surface area contributed by atoms with Crippen LogP contribution in [-0.2, 0) is 10.5 Å². The van der Waals surface area contributed by atoms with E-state index < -0.39 is 18.1 Å². The summed E-state index contributed by atoms with van der Waals surface area (Å²) in [6, 6.07) is 6.59. The van der Waals surface area contributed by atoms with Gasteiger partial charge in [-0.05, 0) is 43.3 Å². The average Bonchev–Trinajstić information content (AvgIpc) is 2.35. The molecule has 0 aliphatic heterocycles. The summed E-state index contributed by atoms with van der Waals surface area (Å²) < 4.78 is 11.1. The largest absolute Gasteiger partial charge is 0.504 e. The first-order valence-corrected chi connectivity index (χ1v) is 10.6. The van der Waals surface area contributed by atoms with Crippen molar-refractivity contribution in [1.29, 1.82) is 0 Å². The van der Waals surface area contributed by atoms with Crippen LogP contribution in [0.1, 0.15) is 5.56 Å². The molecule has 1 rings (SSSR count). The summed E-state index contributed by atoms with van der Waals surface area (Å²) >= 11 is 0. The Labute approximate surface area is 113 Å². The molecule has 1 aromatic rings. The van der Waals surface area contributed by atoms with Crippen LogP contribution in [0.25, 0.3) is 0 Å². The highest BCUT2D eigenvalue weighted by Gasteiger charge is 2.21. The van der Waals surface area contributed by atoms with Gasteiger partial charge in [0.15, 0.2) is 29.6 Å². The van der Waals surface area contributed by atoms with Gasteiger partial charge in [0.1, 0.15) is 0 Å². The molecule has 0 spiro atoms. The zero-order chi connectivity index (χ0) is 13.6. The van der Waals surface area contributed by atoms with Crippen molar-refractivity contribution in [2.45, 2.75) is 25.6 Å². The van der Waals surface area contributed by atoms with Crippen LogP contribution in [0.5, 0.6) is 11.5 Å². The zero-order valence-corrected chi connectivity index (χ0v) is 13.8. The monoisotopic (exact) mass is 282 g/mol. The second-order valence-corrected chi connectivity index (χ2v) is 11.0. The zero-order valence-electron chi connectivity index (χ0n) is 11.4. The highest BCUT2D eigenvalue weighted by Crippen LogP contribution is 2.27. The fraction of sp³-hybridized carbons (Fsp3) is 0.385. The Morgan fingerprint density at radius 2 is 2.17 bits per heavy atom. The molecule has 0 atom stereocenters. The Balaban J connectivity index is 2.60. The number of methoxy groups -OCH3 is 1. The Bertz CT molecular complexity index is 405. The van der Waals surface area contributed by atoms with Crippen LogP contribution < -0.4 is 4.74 Å². The highest BCUT2D eigenvalue weighted by molar-refractivity contribution is 6.75. The molecule has 0 aliphatic rings. The first kappa shape index (κ1) is 15.0. The highest BCUT2D eigenvalue weighted by atomic mass is 28.4. The number of aromatic hydroxyl groups is 1. The maximum absolute atomic E-state index is 9.53. The predicted octanol–water partition coefficient (Wildman–Crippen LogP) is 2.39. The molecular weight excluding hydrogens is 260 g/mol. The van der Waals surface area contributed by atoms with E-state index in [0.29, 0.717) is 5.75 Å². The molecule has 0 aromatic heterocycles. The van der Waals surface area contributed by atoms with Crippen LogP contribution >= 0.6 is 0 Å². The van der Waals surface area contributed by atoms with Crippen LogP contribution in [0, 0.1) is 0 Å². The molecule has 0 saturated heterocycles. The number of phenols is 1. The Hall–Kier alpha value is -1.05. The van der Waals surface area contributed by atoms with Crippen LogP contribution in [-0.4, -0.2) is 30.3 Å². The lowest BCUT2D eigenvalue weighted by atomic mass is 10.1. The molecular formula is C13H22O3Si2. The third kappa shape index (κ3) is 4.68. The lowest BCUT2D eigenvalue weighted by Gasteiger charge is -2.22. The normalized spacial score (nSPS) is 11.9. The van der Waals surface area contributed by atoms with E-state index in [1.807, 2.05) is 17.8 Å². The van der Waals surface area contributed by atoms with Crippen LogP contribution in [0.3, 0.4) is 0 Å². The molecule has 100 valence electrons. The van der Waals surface area contributed by atoms with Gasteiger partial charge in [0, 0.05) is 0 Å². The SMILES string of the molecule is C=C[SiH2]O[Si](C)(C)CCc1ccc(O)c(OC)c1. The van der Waals surface area contributed by atoms with E-state index in [-0.39, 0.29) is 5.75 Å². The Morgan fingerprint density at radius 3 is 2.78 bits per heavy atom. The first-order chi connectivity index (χ1) is 8.48. The van der Waals surface area contributed by atoms with E-state index in [4.69, 9.17) is 8.85 Å². The van der Waals surface area contributed by atoms with E-state index in [0.717, 1.165) is 12.5 Å². The molecule has 0 radical (unpaired) electrons. The van der Waals surface area contributed by atoms with Gasteiger partial charge in [0.25, 0.3) is 0 Å². The smallest absolute Gasteiger partial charge is 0.173 e. The molecule has 0 unspecified atom stereocenters. The van der Waals surface area contributed by atoms with Crippen molar-refractivity contribution < 1.29 is 14.0 Å². The van der Waals surface area contributed by atoms with Crippen molar-refractivity contribution in [3.05, 3.63) is 36.0 Å². The first-order valence-electron chi connectivity index (χ1n) is 6.09. The number of benzene rings is 1. The summed E-state index contributed by atoms with van der Waals surface area (Å²) in [5.74, 6) is 0.724. The molecule has 0 aliphatic carbocycles. The van der Waals surface area contributed by atoms with Gasteiger partial charge in [-0.1, -0.05) is 11.8 Å². The topological polar surface area (TPSA) is 38.7 Å². The van der Waals surface area contributed by atoms with Gasteiger partial charge in [0.05, 0.1) is 7.11 Å². The number of aryl methyl sites for hydroxylation is 1. The standard InChI is InChI=1S/C13H22O3Si2/c1-5-17-16-18(3,4)9-8-11-6-7-12(14)13(10-11)15-2/h5-7,10,14H,1,8-9,17H2,2-4H3. The van der Waals surface area contributed by atoms with Crippen LogP contribution in [0.2, 0.25) is 19.1 Å². The molecule has 1 aromatic carbocycles. The Morgan fingerprint density at radius 1 is 1.44 bits per heavy atom. The third-order valence-corrected chi connectivity index (χ3v) is 8.33. The molecule has 18 heavy (non-hydrogen) atoms. The number of phenolic OH excluding ortho intramolecular Hbond substituents is 1. The van der Waals surface area contributed by atoms with Gasteiger partial charge >= 0.3 is 0 Å². The molecule has 5 heteroatoms. The molecule has 0 heterocycles. The maximum Gasteiger partial charge on any atom is 0.173 e. The number of hydrogen-bond acceptors (Lipinski definition) is 3. The van der Waals surface area contributed by atoms with E-state index >= 15 is 0 Å². The van der Waals surface area contributed by atoms with Crippen molar-refractivity contribution in [2.24, 2.45) is 0 Å². The van der Waals surface area contributed by atoms with Crippen molar-refractivity contribution in [1.82, 2.24) is 0 Å². The number of rotatable bonds is 7. The summed E-state index contributed by atoms with van der Waals surface area (Å²) in [6.45, 7) is 8.20. The summed E-state index contributed by atoms with van der Waals surface area (Å²) in [5.41, 5.74) is 3.10. The quantitative estimate of drug-likeness (QED) is 0.781. The second-order valence-electron chi connectivity index (χ2n) is 4.87. The van der Waals surface area contributed by atoms with Crippen molar-refractivity contribution in [2.75, 3.05) is 7.11 Å². The average molecular weight is 282 g/mol. The Kier molecular flexibility index (Phi) is 5.65. The van der Waals surface area contributed by atoms with Crippen molar-refractivity contribution in [3.8, 4) is 11.5 Å². The molecule has 3 nitrogen and oxygen atoms in total. The lowest BCUT2D eigenvalue weighted by molar-refractivity contribution is 0.373. The van der Waals surface area contributed by atoms with E-state index in [1.165, 1.54) is 5.56 Å². The molecule has 0 saturated carbocycles. The summed E-state index contributed by atoms with van der Waals surface area (Å²) in [4.78, 5) is 0. The van der Waals surface area contributed by atoms with Crippen molar-refractivity contribution in [3.63, 3.8) is 0 Å². The number of hydrogen-bond donors (Lipinski definition) is 1. The van der Waals surface area contributed by atoms with Crippen LogP contribution in [0.4, 0.5) is 0 Å². The minimum absolute atomic E-state index is 0.188. The summed E-state index contributed by atoms with van der Waals surface area (Å²) in [7, 11) is -0.536. The lowest BCUT2D eigenvalue weighted by Crippen LogP contribution is -2.32. The summed E-state index contributed by atoms with van der Waals surface area (Å²) in [6.07, 6.45) is 0.960. The van der Waals surface area contributed by atoms with Gasteiger partial charge in [-0.3, -0.25) is 0 Å². The fourth-order valence-corrected chi connectivity index (χ4v) is 5.42. The van der Waals surface area contributed by atoms with E-state index in [9.17, 15) is 5.11 Å². The summed E-state index contributed by atoms with van der Waals surface area (Å²) in [5, 5.41) is 9.53. The van der Waals surface area contributed by atoms with Gasteiger partial charge in [0.2, 0.25) is 0 Å². The number of ether oxygens (including phenoxy) is 1. The minimum Gasteiger partial charge on any atom is -0.504 e. The maximum atomic E-state index is 9.53. The fourth-order valence-electron chi connectivity index (χ4n) is 1.68. The van der Waals surface area contributed by atoms with Gasteiger partial charge < -0.3 is 14.0 Å². The molecule has 1 N–H and O–H groups in total. The van der Waals surface area contributed by atoms with Crippen molar-refractivity contribution >= 4 is 18.1 Å². The molecule has 0 fully saturated rings. The third-order valence-electron chi connectivity index (χ3n) is 2.85. The van der Waals surface area contributed by atoms with Crippen LogP contribution in [0.15, 0.2) is 30.5 Å². The van der Waals surface area contributed by atoms with Gasteiger partial charge in [-0.25, -0.2) is 0 Å². The predicted molar refractivity (Wildman–Crippen MR) is 80.5 cm³/mol. The minimum atomic E-state index is -1.56. The van der Waals surface area contributed by atoms with E-state index in [2.05, 4.69) is 19.7 Å². The molecule has 0 amide bonds. The van der Waals surface area contributed by atoms with E-state index in [1.54, 1.807) is 13.2 Å². The second kappa shape index (κ2) is 6.77. The van der Waals surface area contributed by atoms with Gasteiger partial charge in [-0.15, -0.1) is 6.58 Å².